The van der Waals surface area contributed by atoms with Crippen molar-refractivity contribution in [2.24, 2.45) is 5.16 Å². The number of allylic oxidation sites excluding steroid dienone is 1. The molecule has 0 atom stereocenters. The summed E-state index contributed by atoms with van der Waals surface area (Å²) in [6, 6.07) is 4.28. The van der Waals surface area contributed by atoms with Crippen molar-refractivity contribution < 1.29 is 14.3 Å². The van der Waals surface area contributed by atoms with Crippen molar-refractivity contribution in [3.63, 3.8) is 0 Å². The summed E-state index contributed by atoms with van der Waals surface area (Å²) in [4.78, 5) is 4.69. The van der Waals surface area contributed by atoms with E-state index in [4.69, 9.17) is 14.3 Å². The quantitative estimate of drug-likeness (QED) is 0.235. The van der Waals surface area contributed by atoms with Crippen LogP contribution in [0.1, 0.15) is 44.2 Å². The van der Waals surface area contributed by atoms with Gasteiger partial charge in [-0.3, -0.25) is 0 Å². The second-order valence-corrected chi connectivity index (χ2v) is 6.36. The van der Waals surface area contributed by atoms with Gasteiger partial charge in [0.2, 0.25) is 0 Å². The van der Waals surface area contributed by atoms with Crippen molar-refractivity contribution in [2.45, 2.75) is 47.0 Å². The van der Waals surface area contributed by atoms with Crippen LogP contribution in [0.15, 0.2) is 29.4 Å². The number of rotatable bonds is 13. The molecule has 1 aromatic rings. The molecule has 0 bridgehead atoms. The smallest absolute Gasteiger partial charge is 0.125 e. The summed E-state index contributed by atoms with van der Waals surface area (Å²) >= 11 is 0. The summed E-state index contributed by atoms with van der Waals surface area (Å²) in [5.74, 6) is 1.00. The molecule has 5 heteroatoms. The number of nitrogens with one attached hydrogen (secondary N) is 1. The third kappa shape index (κ3) is 8.90. The van der Waals surface area contributed by atoms with E-state index in [1.807, 2.05) is 19.9 Å². The number of oxime groups is 1. The van der Waals surface area contributed by atoms with Gasteiger partial charge in [0, 0.05) is 18.8 Å². The molecule has 0 saturated heterocycles. The van der Waals surface area contributed by atoms with Gasteiger partial charge in [0.15, 0.2) is 0 Å². The van der Waals surface area contributed by atoms with Crippen molar-refractivity contribution in [1.29, 1.82) is 0 Å². The fraction of sp³-hybridized carbons (Fsp3) is 0.571. The van der Waals surface area contributed by atoms with Gasteiger partial charge in [-0.1, -0.05) is 17.3 Å². The maximum atomic E-state index is 6.01. The minimum absolute atomic E-state index is 0.525. The Labute approximate surface area is 158 Å². The van der Waals surface area contributed by atoms with Gasteiger partial charge in [-0.2, -0.15) is 0 Å². The van der Waals surface area contributed by atoms with Crippen molar-refractivity contribution in [3.05, 3.63) is 35.4 Å². The van der Waals surface area contributed by atoms with Gasteiger partial charge < -0.3 is 19.6 Å². The first-order valence-electron chi connectivity index (χ1n) is 9.32. The molecule has 0 aromatic heterocycles. The molecule has 0 aliphatic carbocycles. The summed E-state index contributed by atoms with van der Waals surface area (Å²) in [7, 11) is 1.54. The van der Waals surface area contributed by atoms with Crippen LogP contribution in [0.25, 0.3) is 0 Å². The van der Waals surface area contributed by atoms with Crippen LogP contribution >= 0.6 is 0 Å². The molecule has 0 unspecified atom stereocenters. The van der Waals surface area contributed by atoms with Crippen molar-refractivity contribution >= 4 is 11.4 Å². The lowest BCUT2D eigenvalue weighted by Gasteiger charge is -2.14. The maximum absolute atomic E-state index is 6.01. The molecule has 0 aliphatic rings. The van der Waals surface area contributed by atoms with E-state index in [9.17, 15) is 0 Å². The van der Waals surface area contributed by atoms with E-state index in [-0.39, 0.29) is 0 Å². The average Bonchev–Trinajstić information content (AvgIpc) is 2.59. The molecular formula is C21H34N2O3. The van der Waals surface area contributed by atoms with Gasteiger partial charge in [-0.15, -0.1) is 0 Å². The Morgan fingerprint density at radius 3 is 2.46 bits per heavy atom. The number of benzene rings is 1. The van der Waals surface area contributed by atoms with Gasteiger partial charge in [0.05, 0.1) is 18.9 Å². The Morgan fingerprint density at radius 2 is 1.81 bits per heavy atom. The SMILES string of the molecule is C/C=C/CNc1cc(C)c(OCCCCCOC/C(C)=N/OC)c(C)c1. The number of hydrogen-bond acceptors (Lipinski definition) is 5. The number of hydrogen-bond donors (Lipinski definition) is 1. The van der Waals surface area contributed by atoms with E-state index in [0.29, 0.717) is 6.61 Å². The van der Waals surface area contributed by atoms with Crippen LogP contribution in [-0.4, -0.2) is 39.2 Å². The lowest BCUT2D eigenvalue weighted by Crippen LogP contribution is -2.07. The third-order valence-electron chi connectivity index (χ3n) is 3.86. The highest BCUT2D eigenvalue weighted by Crippen LogP contribution is 2.27. The Hall–Kier alpha value is -2.01. The average molecular weight is 363 g/mol. The summed E-state index contributed by atoms with van der Waals surface area (Å²) < 4.78 is 11.5. The molecule has 0 aliphatic heterocycles. The number of aryl methyl sites for hydroxylation is 2. The monoisotopic (exact) mass is 362 g/mol. The van der Waals surface area contributed by atoms with Crippen LogP contribution in [0, 0.1) is 13.8 Å². The summed E-state index contributed by atoms with van der Waals surface area (Å²) in [6.45, 7) is 11.0. The highest BCUT2D eigenvalue weighted by molar-refractivity contribution is 5.82. The minimum atomic E-state index is 0.525. The van der Waals surface area contributed by atoms with E-state index in [1.54, 1.807) is 7.11 Å². The fourth-order valence-electron chi connectivity index (χ4n) is 2.63. The van der Waals surface area contributed by atoms with Gasteiger partial charge in [-0.25, -0.2) is 0 Å². The molecule has 1 N–H and O–H groups in total. The molecule has 146 valence electrons. The number of anilines is 1. The maximum Gasteiger partial charge on any atom is 0.125 e. The summed E-state index contributed by atoms with van der Waals surface area (Å²) in [5, 5.41) is 7.21. The van der Waals surface area contributed by atoms with E-state index in [0.717, 1.165) is 56.2 Å². The minimum Gasteiger partial charge on any atom is -0.493 e. The van der Waals surface area contributed by atoms with Gasteiger partial charge in [0.25, 0.3) is 0 Å². The first-order valence-corrected chi connectivity index (χ1v) is 9.32. The zero-order valence-electron chi connectivity index (χ0n) is 16.9. The van der Waals surface area contributed by atoms with Crippen LogP contribution in [0.4, 0.5) is 5.69 Å². The lowest BCUT2D eigenvalue weighted by atomic mass is 10.1. The van der Waals surface area contributed by atoms with Crippen LogP contribution in [0.3, 0.4) is 0 Å². The van der Waals surface area contributed by atoms with Crippen LogP contribution in [0.5, 0.6) is 5.75 Å². The van der Waals surface area contributed by atoms with E-state index < -0.39 is 0 Å². The van der Waals surface area contributed by atoms with Gasteiger partial charge >= 0.3 is 0 Å². The molecule has 0 spiro atoms. The number of nitrogens with zero attached hydrogens (tertiary/aromatic N) is 1. The largest absolute Gasteiger partial charge is 0.493 e. The first-order chi connectivity index (χ1) is 12.6. The zero-order chi connectivity index (χ0) is 19.2. The normalized spacial score (nSPS) is 11.8. The Kier molecular flexibility index (Phi) is 11.2. The third-order valence-corrected chi connectivity index (χ3v) is 3.86. The highest BCUT2D eigenvalue weighted by atomic mass is 16.6. The molecule has 0 saturated carbocycles. The lowest BCUT2D eigenvalue weighted by molar-refractivity contribution is 0.156. The fourth-order valence-corrected chi connectivity index (χ4v) is 2.63. The molecular weight excluding hydrogens is 328 g/mol. The Bertz CT molecular complexity index is 560. The van der Waals surface area contributed by atoms with Crippen molar-refractivity contribution in [1.82, 2.24) is 0 Å². The molecule has 0 heterocycles. The molecule has 0 fully saturated rings. The van der Waals surface area contributed by atoms with Crippen LogP contribution in [0.2, 0.25) is 0 Å². The zero-order valence-corrected chi connectivity index (χ0v) is 16.9. The Balaban J connectivity index is 2.25. The summed E-state index contributed by atoms with van der Waals surface area (Å²) in [5.41, 5.74) is 4.33. The first kappa shape index (κ1) is 22.0. The van der Waals surface area contributed by atoms with Crippen molar-refractivity contribution in [2.75, 3.05) is 38.8 Å². The Morgan fingerprint density at radius 1 is 1.12 bits per heavy atom. The predicted octanol–water partition coefficient (Wildman–Crippen LogP) is 4.88. The second-order valence-electron chi connectivity index (χ2n) is 6.36. The highest BCUT2D eigenvalue weighted by Gasteiger charge is 2.06. The van der Waals surface area contributed by atoms with E-state index in [1.165, 1.54) is 11.1 Å². The molecule has 1 rings (SSSR count). The standard InChI is InChI=1S/C21H34N2O3/c1-6-7-11-22-20-14-17(2)21(18(3)15-20)26-13-10-8-9-12-25-16-19(4)23-24-5/h6-7,14-15,22H,8-13,16H2,1-5H3/b7-6+,23-19+. The predicted molar refractivity (Wildman–Crippen MR) is 110 cm³/mol. The second kappa shape index (κ2) is 13.2. The molecule has 5 nitrogen and oxygen atoms in total. The molecule has 1 aromatic carbocycles. The van der Waals surface area contributed by atoms with E-state index >= 15 is 0 Å². The molecule has 0 amide bonds. The van der Waals surface area contributed by atoms with Crippen molar-refractivity contribution in [3.8, 4) is 5.75 Å². The van der Waals surface area contributed by atoms with Gasteiger partial charge in [-0.05, 0) is 70.2 Å². The van der Waals surface area contributed by atoms with Gasteiger partial charge in [0.1, 0.15) is 12.9 Å². The summed E-state index contributed by atoms with van der Waals surface area (Å²) in [6.07, 6.45) is 7.28. The van der Waals surface area contributed by atoms with E-state index in [2.05, 4.69) is 42.5 Å². The number of unbranched alkanes of at least 4 members (excludes halogenated alkanes) is 2. The number of ether oxygens (including phenoxy) is 2. The molecule has 0 radical (unpaired) electrons. The van der Waals surface area contributed by atoms with Crippen LogP contribution < -0.4 is 10.1 Å². The van der Waals surface area contributed by atoms with Crippen LogP contribution in [-0.2, 0) is 9.57 Å². The topological polar surface area (TPSA) is 52.1 Å². The molecule has 26 heavy (non-hydrogen) atoms.